The average Bonchev–Trinajstić information content (AvgIpc) is 2.33. The van der Waals surface area contributed by atoms with Crippen LogP contribution in [-0.2, 0) is 9.47 Å². The molecule has 0 aromatic carbocycles. The van der Waals surface area contributed by atoms with Gasteiger partial charge < -0.3 is 9.47 Å². The maximum Gasteiger partial charge on any atom is 0.0753 e. The Bertz CT molecular complexity index is 318. The van der Waals surface area contributed by atoms with Gasteiger partial charge in [-0.2, -0.15) is 0 Å². The Balaban J connectivity index is 1.76. The summed E-state index contributed by atoms with van der Waals surface area (Å²) in [6.07, 6.45) is 1.23. The Morgan fingerprint density at radius 2 is 1.55 bits per heavy atom. The second-order valence-electron chi connectivity index (χ2n) is 7.60. The van der Waals surface area contributed by atoms with Crippen molar-refractivity contribution in [2.45, 2.75) is 58.3 Å². The summed E-state index contributed by atoms with van der Waals surface area (Å²) in [5.74, 6) is 0. The zero-order valence-electron chi connectivity index (χ0n) is 13.9. The van der Waals surface area contributed by atoms with Gasteiger partial charge in [0.25, 0.3) is 0 Å². The maximum atomic E-state index is 5.80. The highest BCUT2D eigenvalue weighted by molar-refractivity contribution is 4.84. The molecule has 2 saturated heterocycles. The van der Waals surface area contributed by atoms with Crippen molar-refractivity contribution in [1.82, 2.24) is 9.80 Å². The highest BCUT2D eigenvalue weighted by Crippen LogP contribution is 2.21. The minimum atomic E-state index is 0.00741. The molecular weight excluding hydrogens is 252 g/mol. The molecule has 0 N–H and O–H groups in total. The zero-order chi connectivity index (χ0) is 14.8. The van der Waals surface area contributed by atoms with Crippen molar-refractivity contribution < 1.29 is 9.47 Å². The predicted molar refractivity (Wildman–Crippen MR) is 82.2 cm³/mol. The van der Waals surface area contributed by atoms with Gasteiger partial charge in [0.15, 0.2) is 0 Å². The molecule has 2 aliphatic rings. The van der Waals surface area contributed by atoms with Crippen LogP contribution < -0.4 is 0 Å². The van der Waals surface area contributed by atoms with E-state index >= 15 is 0 Å². The second-order valence-corrected chi connectivity index (χ2v) is 7.60. The van der Waals surface area contributed by atoms with Crippen molar-refractivity contribution >= 4 is 0 Å². The molecule has 20 heavy (non-hydrogen) atoms. The molecule has 0 radical (unpaired) electrons. The molecule has 1 atom stereocenters. The van der Waals surface area contributed by atoms with Crippen LogP contribution >= 0.6 is 0 Å². The lowest BCUT2D eigenvalue weighted by Crippen LogP contribution is -2.53. The molecule has 0 spiro atoms. The van der Waals surface area contributed by atoms with Gasteiger partial charge in [-0.3, -0.25) is 9.80 Å². The second kappa shape index (κ2) is 6.30. The summed E-state index contributed by atoms with van der Waals surface area (Å²) in [6, 6.07) is 0.629. The minimum Gasteiger partial charge on any atom is -0.373 e. The van der Waals surface area contributed by atoms with Crippen molar-refractivity contribution in [3.8, 4) is 0 Å². The van der Waals surface area contributed by atoms with Crippen LogP contribution in [0.25, 0.3) is 0 Å². The predicted octanol–water partition coefficient (Wildman–Crippen LogP) is 1.99. The fraction of sp³-hybridized carbons (Fsp3) is 1.00. The third-order valence-corrected chi connectivity index (χ3v) is 4.45. The third kappa shape index (κ3) is 4.69. The van der Waals surface area contributed by atoms with Gasteiger partial charge in [0.2, 0.25) is 0 Å². The van der Waals surface area contributed by atoms with Crippen LogP contribution in [0, 0.1) is 0 Å². The van der Waals surface area contributed by atoms with Gasteiger partial charge in [-0.05, 0) is 47.6 Å². The topological polar surface area (TPSA) is 24.9 Å². The van der Waals surface area contributed by atoms with Crippen LogP contribution in [0.3, 0.4) is 0 Å². The minimum absolute atomic E-state index is 0.00741. The van der Waals surface area contributed by atoms with Crippen LogP contribution in [0.1, 0.15) is 41.0 Å². The first kappa shape index (κ1) is 16.2. The number of hydrogen-bond donors (Lipinski definition) is 0. The zero-order valence-corrected chi connectivity index (χ0v) is 13.9. The van der Waals surface area contributed by atoms with Gasteiger partial charge in [0, 0.05) is 32.2 Å². The summed E-state index contributed by atoms with van der Waals surface area (Å²) < 4.78 is 11.6. The molecule has 2 fully saturated rings. The smallest absolute Gasteiger partial charge is 0.0753 e. The summed E-state index contributed by atoms with van der Waals surface area (Å²) in [7, 11) is 0. The van der Waals surface area contributed by atoms with Crippen molar-refractivity contribution in [3.05, 3.63) is 0 Å². The van der Waals surface area contributed by atoms with Crippen molar-refractivity contribution in [1.29, 1.82) is 0 Å². The van der Waals surface area contributed by atoms with Crippen molar-refractivity contribution in [3.63, 3.8) is 0 Å². The standard InChI is InChI=1S/C16H32N2O2/c1-14(18-9-11-20-16(4,5)13-18)6-7-17-8-10-19-15(2,3)12-17/h14H,6-13H2,1-5H3. The lowest BCUT2D eigenvalue weighted by atomic mass is 10.0. The monoisotopic (exact) mass is 284 g/mol. The van der Waals surface area contributed by atoms with E-state index < -0.39 is 0 Å². The van der Waals surface area contributed by atoms with E-state index in [9.17, 15) is 0 Å². The summed E-state index contributed by atoms with van der Waals surface area (Å²) in [6.45, 7) is 18.3. The largest absolute Gasteiger partial charge is 0.373 e. The number of ether oxygens (including phenoxy) is 2. The molecule has 2 rings (SSSR count). The lowest BCUT2D eigenvalue weighted by molar-refractivity contribution is -0.101. The number of morpholine rings is 2. The van der Waals surface area contributed by atoms with Crippen molar-refractivity contribution in [2.75, 3.05) is 45.9 Å². The highest BCUT2D eigenvalue weighted by atomic mass is 16.5. The molecule has 2 heterocycles. The van der Waals surface area contributed by atoms with Crippen LogP contribution in [0.5, 0.6) is 0 Å². The van der Waals surface area contributed by atoms with E-state index in [-0.39, 0.29) is 11.2 Å². The maximum absolute atomic E-state index is 5.80. The summed E-state index contributed by atoms with van der Waals surface area (Å²) in [5, 5.41) is 0. The van der Waals surface area contributed by atoms with Crippen LogP contribution in [0.2, 0.25) is 0 Å². The Morgan fingerprint density at radius 1 is 0.950 bits per heavy atom. The van der Waals surface area contributed by atoms with E-state index in [2.05, 4.69) is 44.4 Å². The highest BCUT2D eigenvalue weighted by Gasteiger charge is 2.31. The SMILES string of the molecule is CC(CCN1CCOC(C)(C)C1)N1CCOC(C)(C)C1. The first-order valence-electron chi connectivity index (χ1n) is 8.02. The van der Waals surface area contributed by atoms with E-state index in [0.717, 1.165) is 39.4 Å². The Hall–Kier alpha value is -0.160. The van der Waals surface area contributed by atoms with E-state index in [4.69, 9.17) is 9.47 Å². The molecule has 0 bridgehead atoms. The molecule has 0 saturated carbocycles. The Labute approximate surface area is 124 Å². The molecule has 0 amide bonds. The van der Waals surface area contributed by atoms with Crippen LogP contribution in [0.4, 0.5) is 0 Å². The van der Waals surface area contributed by atoms with Gasteiger partial charge in [-0.15, -0.1) is 0 Å². The molecule has 0 aromatic heterocycles. The van der Waals surface area contributed by atoms with E-state index in [1.165, 1.54) is 13.0 Å². The summed E-state index contributed by atoms with van der Waals surface area (Å²) in [4.78, 5) is 5.13. The summed E-state index contributed by atoms with van der Waals surface area (Å²) in [5.41, 5.74) is 0.0237. The van der Waals surface area contributed by atoms with Gasteiger partial charge in [0.05, 0.1) is 24.4 Å². The molecule has 4 heteroatoms. The molecule has 0 aromatic rings. The fourth-order valence-electron chi connectivity index (χ4n) is 3.29. The van der Waals surface area contributed by atoms with Crippen molar-refractivity contribution in [2.24, 2.45) is 0 Å². The number of hydrogen-bond acceptors (Lipinski definition) is 4. The molecule has 118 valence electrons. The van der Waals surface area contributed by atoms with Gasteiger partial charge in [-0.1, -0.05) is 0 Å². The molecule has 1 unspecified atom stereocenters. The van der Waals surface area contributed by atoms with Crippen LogP contribution in [-0.4, -0.2) is 73.0 Å². The lowest BCUT2D eigenvalue weighted by Gasteiger charge is -2.42. The molecule has 2 aliphatic heterocycles. The van der Waals surface area contributed by atoms with Gasteiger partial charge in [-0.25, -0.2) is 0 Å². The van der Waals surface area contributed by atoms with Gasteiger partial charge >= 0.3 is 0 Å². The first-order valence-corrected chi connectivity index (χ1v) is 8.02. The summed E-state index contributed by atoms with van der Waals surface area (Å²) >= 11 is 0. The molecule has 4 nitrogen and oxygen atoms in total. The fourth-order valence-corrected chi connectivity index (χ4v) is 3.29. The first-order chi connectivity index (χ1) is 9.27. The van der Waals surface area contributed by atoms with Gasteiger partial charge in [0.1, 0.15) is 0 Å². The van der Waals surface area contributed by atoms with E-state index in [1.54, 1.807) is 0 Å². The Kier molecular flexibility index (Phi) is 5.11. The Morgan fingerprint density at radius 3 is 2.15 bits per heavy atom. The average molecular weight is 284 g/mol. The van der Waals surface area contributed by atoms with Crippen LogP contribution in [0.15, 0.2) is 0 Å². The number of nitrogens with zero attached hydrogens (tertiary/aromatic N) is 2. The molecule has 0 aliphatic carbocycles. The van der Waals surface area contributed by atoms with E-state index in [0.29, 0.717) is 6.04 Å². The number of rotatable bonds is 4. The normalized spacial score (nSPS) is 29.2. The quantitative estimate of drug-likeness (QED) is 0.788. The molecular formula is C16H32N2O2. The third-order valence-electron chi connectivity index (χ3n) is 4.45. The van der Waals surface area contributed by atoms with E-state index in [1.807, 2.05) is 0 Å².